The van der Waals surface area contributed by atoms with Crippen LogP contribution in [0.15, 0.2) is 0 Å². The van der Waals surface area contributed by atoms with Crippen LogP contribution in [0.4, 0.5) is 4.79 Å². The van der Waals surface area contributed by atoms with Crippen molar-refractivity contribution in [1.29, 1.82) is 0 Å². The van der Waals surface area contributed by atoms with Crippen LogP contribution in [0.1, 0.15) is 39.5 Å². The first-order valence-corrected chi connectivity index (χ1v) is 5.29. The molecule has 0 aromatic rings. The molecule has 0 saturated carbocycles. The van der Waals surface area contributed by atoms with Crippen molar-refractivity contribution in [2.75, 3.05) is 20.3 Å². The molecule has 2 amide bonds. The molecule has 0 rings (SSSR count). The first-order chi connectivity index (χ1) is 6.77. The van der Waals surface area contributed by atoms with Crippen molar-refractivity contribution >= 4 is 6.03 Å². The second-order valence-corrected chi connectivity index (χ2v) is 2.70. The van der Waals surface area contributed by atoms with Gasteiger partial charge in [-0.25, -0.2) is 4.79 Å². The van der Waals surface area contributed by atoms with Crippen LogP contribution in [-0.2, 0) is 4.74 Å². The molecule has 0 bridgehead atoms. The second kappa shape index (κ2) is 14.7. The van der Waals surface area contributed by atoms with Crippen LogP contribution in [0.3, 0.4) is 0 Å². The fourth-order valence-corrected chi connectivity index (χ4v) is 0.937. The lowest BCUT2D eigenvalue weighted by atomic mass is 10.2. The van der Waals surface area contributed by atoms with E-state index in [0.29, 0.717) is 6.54 Å². The number of carbonyl (C=O) groups excluding carboxylic acids is 1. The van der Waals surface area contributed by atoms with E-state index >= 15 is 0 Å². The molecule has 0 aromatic heterocycles. The normalized spacial score (nSPS) is 8.79. The number of unbranched alkanes of at least 4 members (excludes halogenated alkanes) is 3. The standard InChI is InChI=1S/C8H18N2O2.C2H6/c1-12-7-5-3-2-4-6-10-8(9)11;1-2/h2-7H2,1H3,(H3,9,10,11);1-2H3. The van der Waals surface area contributed by atoms with Crippen LogP contribution in [-0.4, -0.2) is 26.3 Å². The zero-order valence-corrected chi connectivity index (χ0v) is 9.64. The molecule has 0 aromatic carbocycles. The highest BCUT2D eigenvalue weighted by Crippen LogP contribution is 1.98. The molecule has 0 saturated heterocycles. The van der Waals surface area contributed by atoms with Gasteiger partial charge in [-0.15, -0.1) is 0 Å². The number of nitrogens with two attached hydrogens (primary N) is 1. The molecule has 4 heteroatoms. The number of hydrogen-bond donors (Lipinski definition) is 2. The minimum Gasteiger partial charge on any atom is -0.385 e. The fraction of sp³-hybridized carbons (Fsp3) is 0.900. The summed E-state index contributed by atoms with van der Waals surface area (Å²) in [5, 5.41) is 2.54. The number of urea groups is 1. The Kier molecular flexibility index (Phi) is 16.5. The Morgan fingerprint density at radius 3 is 2.29 bits per heavy atom. The average molecular weight is 204 g/mol. The van der Waals surface area contributed by atoms with Gasteiger partial charge in [0.2, 0.25) is 0 Å². The van der Waals surface area contributed by atoms with E-state index in [1.165, 1.54) is 0 Å². The molecule has 0 heterocycles. The summed E-state index contributed by atoms with van der Waals surface area (Å²) in [6.45, 7) is 5.51. The van der Waals surface area contributed by atoms with Crippen molar-refractivity contribution < 1.29 is 9.53 Å². The van der Waals surface area contributed by atoms with Gasteiger partial charge in [-0.05, 0) is 12.8 Å². The number of carbonyl (C=O) groups is 1. The molecule has 4 nitrogen and oxygen atoms in total. The maximum absolute atomic E-state index is 10.2. The zero-order chi connectivity index (χ0) is 11.2. The van der Waals surface area contributed by atoms with Crippen molar-refractivity contribution in [1.82, 2.24) is 5.32 Å². The highest BCUT2D eigenvalue weighted by molar-refractivity contribution is 5.71. The van der Waals surface area contributed by atoms with E-state index in [0.717, 1.165) is 32.3 Å². The van der Waals surface area contributed by atoms with Gasteiger partial charge in [0.15, 0.2) is 0 Å². The summed E-state index contributed by atoms with van der Waals surface area (Å²) in [6.07, 6.45) is 4.34. The summed E-state index contributed by atoms with van der Waals surface area (Å²) in [5.74, 6) is 0. The number of ether oxygens (including phenoxy) is 1. The van der Waals surface area contributed by atoms with Crippen LogP contribution >= 0.6 is 0 Å². The number of nitrogens with one attached hydrogen (secondary N) is 1. The highest BCUT2D eigenvalue weighted by Gasteiger charge is 1.91. The van der Waals surface area contributed by atoms with Gasteiger partial charge in [-0.2, -0.15) is 0 Å². The zero-order valence-electron chi connectivity index (χ0n) is 9.64. The maximum Gasteiger partial charge on any atom is 0.312 e. The first kappa shape index (κ1) is 15.7. The topological polar surface area (TPSA) is 64.3 Å². The number of hydrogen-bond acceptors (Lipinski definition) is 2. The van der Waals surface area contributed by atoms with E-state index in [1.54, 1.807) is 7.11 Å². The lowest BCUT2D eigenvalue weighted by Crippen LogP contribution is -2.29. The Labute approximate surface area is 87.2 Å². The van der Waals surface area contributed by atoms with E-state index in [2.05, 4.69) is 5.32 Å². The van der Waals surface area contributed by atoms with Crippen molar-refractivity contribution in [3.8, 4) is 0 Å². The Morgan fingerprint density at radius 2 is 1.79 bits per heavy atom. The van der Waals surface area contributed by atoms with Gasteiger partial charge in [0.25, 0.3) is 0 Å². The van der Waals surface area contributed by atoms with E-state index in [4.69, 9.17) is 10.5 Å². The van der Waals surface area contributed by atoms with Crippen LogP contribution in [0.2, 0.25) is 0 Å². The summed E-state index contributed by atoms with van der Waals surface area (Å²) in [5.41, 5.74) is 4.88. The summed E-state index contributed by atoms with van der Waals surface area (Å²) in [6, 6.07) is -0.438. The monoisotopic (exact) mass is 204 g/mol. The van der Waals surface area contributed by atoms with Crippen LogP contribution in [0, 0.1) is 0 Å². The number of rotatable bonds is 7. The predicted octanol–water partition coefficient (Wildman–Crippen LogP) is 1.89. The minimum atomic E-state index is -0.438. The third kappa shape index (κ3) is 17.4. The maximum atomic E-state index is 10.2. The molecule has 86 valence electrons. The van der Waals surface area contributed by atoms with Gasteiger partial charge in [0.05, 0.1) is 0 Å². The smallest absolute Gasteiger partial charge is 0.312 e. The Bertz CT molecular complexity index is 119. The summed E-state index contributed by atoms with van der Waals surface area (Å²) in [4.78, 5) is 10.2. The van der Waals surface area contributed by atoms with Crippen LogP contribution in [0.25, 0.3) is 0 Å². The van der Waals surface area contributed by atoms with Crippen LogP contribution < -0.4 is 11.1 Å². The largest absolute Gasteiger partial charge is 0.385 e. The molecule has 0 aliphatic carbocycles. The lowest BCUT2D eigenvalue weighted by Gasteiger charge is -2.01. The van der Waals surface area contributed by atoms with E-state index in [-0.39, 0.29) is 0 Å². The number of primary amides is 1. The predicted molar refractivity (Wildman–Crippen MR) is 59.3 cm³/mol. The third-order valence-electron chi connectivity index (χ3n) is 1.57. The van der Waals surface area contributed by atoms with E-state index in [1.807, 2.05) is 13.8 Å². The van der Waals surface area contributed by atoms with E-state index < -0.39 is 6.03 Å². The molecular formula is C10H24N2O2. The van der Waals surface area contributed by atoms with Crippen molar-refractivity contribution in [2.45, 2.75) is 39.5 Å². The molecule has 3 N–H and O–H groups in total. The Balaban J connectivity index is 0. The number of methoxy groups -OCH3 is 1. The molecule has 14 heavy (non-hydrogen) atoms. The van der Waals surface area contributed by atoms with Crippen LogP contribution in [0.5, 0.6) is 0 Å². The van der Waals surface area contributed by atoms with Gasteiger partial charge in [-0.1, -0.05) is 26.7 Å². The lowest BCUT2D eigenvalue weighted by molar-refractivity contribution is 0.192. The summed E-state index contributed by atoms with van der Waals surface area (Å²) >= 11 is 0. The summed E-state index contributed by atoms with van der Waals surface area (Å²) < 4.78 is 4.90. The first-order valence-electron chi connectivity index (χ1n) is 5.29. The van der Waals surface area contributed by atoms with Gasteiger partial charge in [0, 0.05) is 20.3 Å². The van der Waals surface area contributed by atoms with Gasteiger partial charge < -0.3 is 15.8 Å². The Hall–Kier alpha value is -0.770. The molecule has 0 aliphatic rings. The molecule has 0 spiro atoms. The molecular weight excluding hydrogens is 180 g/mol. The highest BCUT2D eigenvalue weighted by atomic mass is 16.5. The minimum absolute atomic E-state index is 0.438. The average Bonchev–Trinajstić information content (AvgIpc) is 2.19. The van der Waals surface area contributed by atoms with E-state index in [9.17, 15) is 4.79 Å². The SMILES string of the molecule is CC.COCCCCCCNC(N)=O. The van der Waals surface area contributed by atoms with Crippen molar-refractivity contribution in [3.63, 3.8) is 0 Å². The van der Waals surface area contributed by atoms with Gasteiger partial charge in [0.1, 0.15) is 0 Å². The summed E-state index contributed by atoms with van der Waals surface area (Å²) in [7, 11) is 1.70. The molecule has 0 radical (unpaired) electrons. The molecule has 0 fully saturated rings. The quantitative estimate of drug-likeness (QED) is 0.622. The van der Waals surface area contributed by atoms with Gasteiger partial charge in [-0.3, -0.25) is 0 Å². The molecule has 0 unspecified atom stereocenters. The van der Waals surface area contributed by atoms with Gasteiger partial charge >= 0.3 is 6.03 Å². The molecule has 0 aliphatic heterocycles. The van der Waals surface area contributed by atoms with Crippen molar-refractivity contribution in [2.24, 2.45) is 5.73 Å². The molecule has 0 atom stereocenters. The fourth-order valence-electron chi connectivity index (χ4n) is 0.937. The number of amides is 2. The Morgan fingerprint density at radius 1 is 1.21 bits per heavy atom. The van der Waals surface area contributed by atoms with Crippen molar-refractivity contribution in [3.05, 3.63) is 0 Å². The second-order valence-electron chi connectivity index (χ2n) is 2.70. The third-order valence-corrected chi connectivity index (χ3v) is 1.57.